The molecule has 4 rings (SSSR count). The quantitative estimate of drug-likeness (QED) is 0.397. The van der Waals surface area contributed by atoms with Gasteiger partial charge in [-0.1, -0.05) is 55.0 Å². The molecule has 4 nitrogen and oxygen atoms in total. The first-order chi connectivity index (χ1) is 16.2. The van der Waals surface area contributed by atoms with Crippen molar-refractivity contribution >= 4 is 16.7 Å². The molecule has 174 valence electrons. The van der Waals surface area contributed by atoms with Crippen LogP contribution in [0.1, 0.15) is 55.5 Å². The number of hydrogen-bond acceptors (Lipinski definition) is 3. The smallest absolute Gasteiger partial charge is 0.254 e. The van der Waals surface area contributed by atoms with Gasteiger partial charge in [-0.15, -0.1) is 0 Å². The first-order valence-corrected chi connectivity index (χ1v) is 12.4. The van der Waals surface area contributed by atoms with Crippen LogP contribution < -0.4 is 4.74 Å². The molecule has 0 aromatic heterocycles. The van der Waals surface area contributed by atoms with Gasteiger partial charge in [-0.2, -0.15) is 0 Å². The highest BCUT2D eigenvalue weighted by Crippen LogP contribution is 2.22. The van der Waals surface area contributed by atoms with Crippen LogP contribution in [0.4, 0.5) is 0 Å². The van der Waals surface area contributed by atoms with Gasteiger partial charge in [-0.3, -0.25) is 4.79 Å². The van der Waals surface area contributed by atoms with Gasteiger partial charge in [-0.05, 0) is 74.2 Å². The molecular weight excluding hydrogens is 408 g/mol. The van der Waals surface area contributed by atoms with Gasteiger partial charge < -0.3 is 14.5 Å². The van der Waals surface area contributed by atoms with Gasteiger partial charge >= 0.3 is 0 Å². The van der Waals surface area contributed by atoms with E-state index in [9.17, 15) is 4.79 Å². The van der Waals surface area contributed by atoms with Crippen LogP contribution in [0.5, 0.6) is 5.75 Å². The second-order valence-electron chi connectivity index (χ2n) is 9.06. The van der Waals surface area contributed by atoms with Crippen molar-refractivity contribution in [3.05, 3.63) is 77.9 Å². The Hall–Kier alpha value is -2.85. The summed E-state index contributed by atoms with van der Waals surface area (Å²) in [5.41, 5.74) is 1.91. The van der Waals surface area contributed by atoms with E-state index in [1.165, 1.54) is 25.8 Å². The van der Waals surface area contributed by atoms with Crippen molar-refractivity contribution in [2.45, 2.75) is 52.1 Å². The summed E-state index contributed by atoms with van der Waals surface area (Å²) in [6.07, 6.45) is 4.89. The van der Waals surface area contributed by atoms with Crippen molar-refractivity contribution in [2.24, 2.45) is 0 Å². The topological polar surface area (TPSA) is 32.8 Å². The molecule has 1 saturated heterocycles. The minimum atomic E-state index is 0.104. The molecule has 0 aliphatic carbocycles. The zero-order valence-corrected chi connectivity index (χ0v) is 20.0. The Balaban J connectivity index is 1.52. The summed E-state index contributed by atoms with van der Waals surface area (Å²) in [6.45, 7) is 8.54. The molecule has 3 aromatic carbocycles. The summed E-state index contributed by atoms with van der Waals surface area (Å²) in [5.74, 6) is 0.972. The molecule has 0 bridgehead atoms. The van der Waals surface area contributed by atoms with Crippen LogP contribution in [0.15, 0.2) is 66.7 Å². The lowest BCUT2D eigenvalue weighted by Crippen LogP contribution is -2.40. The van der Waals surface area contributed by atoms with E-state index < -0.39 is 0 Å². The highest BCUT2D eigenvalue weighted by atomic mass is 16.5. The fraction of sp³-hybridized carbons (Fsp3) is 0.414. The number of nitrogens with zero attached hydrogens (tertiary/aromatic N) is 2. The lowest BCUT2D eigenvalue weighted by molar-refractivity contribution is 0.0728. The summed E-state index contributed by atoms with van der Waals surface area (Å²) in [4.78, 5) is 18.4. The largest absolute Gasteiger partial charge is 0.494 e. The Morgan fingerprint density at radius 1 is 1.03 bits per heavy atom. The number of likely N-dealkylation sites (tertiary alicyclic amines) is 1. The average Bonchev–Trinajstić information content (AvgIpc) is 2.85. The van der Waals surface area contributed by atoms with Gasteiger partial charge in [0.1, 0.15) is 5.75 Å². The first kappa shape index (κ1) is 23.3. The minimum absolute atomic E-state index is 0.104. The van der Waals surface area contributed by atoms with E-state index in [1.54, 1.807) is 0 Å². The van der Waals surface area contributed by atoms with Crippen LogP contribution in [0, 0.1) is 0 Å². The number of piperidine rings is 1. The van der Waals surface area contributed by atoms with Crippen LogP contribution >= 0.6 is 0 Å². The molecule has 4 heteroatoms. The molecule has 1 aliphatic heterocycles. The fourth-order valence-electron chi connectivity index (χ4n) is 4.87. The van der Waals surface area contributed by atoms with Gasteiger partial charge in [0.15, 0.2) is 0 Å². The highest BCUT2D eigenvalue weighted by Gasteiger charge is 2.21. The fourth-order valence-corrected chi connectivity index (χ4v) is 4.87. The predicted octanol–water partition coefficient (Wildman–Crippen LogP) is 6.15. The number of fused-ring (bicyclic) bond motifs is 1. The van der Waals surface area contributed by atoms with Gasteiger partial charge in [-0.25, -0.2) is 0 Å². The highest BCUT2D eigenvalue weighted by molar-refractivity contribution is 6.07. The van der Waals surface area contributed by atoms with Crippen molar-refractivity contribution in [3.63, 3.8) is 0 Å². The SMILES string of the molecule is CCOc1ccc(CN(CCCN2CCCCC2C)C(=O)c2cccc3ccccc23)cc1. The van der Waals surface area contributed by atoms with Crippen molar-refractivity contribution in [2.75, 3.05) is 26.2 Å². The molecule has 0 N–H and O–H groups in total. The zero-order valence-electron chi connectivity index (χ0n) is 20.0. The van der Waals surface area contributed by atoms with Crippen LogP contribution in [0.2, 0.25) is 0 Å². The van der Waals surface area contributed by atoms with Crippen LogP contribution in [-0.4, -0.2) is 48.0 Å². The van der Waals surface area contributed by atoms with Gasteiger partial charge in [0.05, 0.1) is 6.61 Å². The average molecular weight is 445 g/mol. The molecule has 1 aliphatic rings. The van der Waals surface area contributed by atoms with Crippen molar-refractivity contribution < 1.29 is 9.53 Å². The monoisotopic (exact) mass is 444 g/mol. The molecule has 1 unspecified atom stereocenters. The van der Waals surface area contributed by atoms with Gasteiger partial charge in [0.25, 0.3) is 5.91 Å². The normalized spacial score (nSPS) is 16.6. The summed E-state index contributed by atoms with van der Waals surface area (Å²) >= 11 is 0. The molecule has 0 saturated carbocycles. The van der Waals surface area contributed by atoms with Crippen LogP contribution in [-0.2, 0) is 6.54 Å². The number of ether oxygens (including phenoxy) is 1. The number of rotatable bonds is 9. The van der Waals surface area contributed by atoms with Crippen molar-refractivity contribution in [1.82, 2.24) is 9.80 Å². The molecule has 0 spiro atoms. The van der Waals surface area contributed by atoms with E-state index in [2.05, 4.69) is 36.1 Å². The third-order valence-corrected chi connectivity index (χ3v) is 6.73. The predicted molar refractivity (Wildman–Crippen MR) is 136 cm³/mol. The van der Waals surface area contributed by atoms with E-state index in [0.29, 0.717) is 19.2 Å². The standard InChI is InChI=1S/C29H36N2O2/c1-3-33-26-17-15-24(16-18-26)22-31(21-9-20-30-19-7-6-10-23(30)2)29(32)28-14-8-12-25-11-4-5-13-27(25)28/h4-5,8,11-18,23H,3,6-7,9-10,19-22H2,1-2H3. The van der Waals surface area contributed by atoms with E-state index in [4.69, 9.17) is 4.74 Å². The summed E-state index contributed by atoms with van der Waals surface area (Å²) < 4.78 is 5.59. The molecule has 1 fully saturated rings. The third kappa shape index (κ3) is 5.94. The number of hydrogen-bond donors (Lipinski definition) is 0. The van der Waals surface area contributed by atoms with Crippen molar-refractivity contribution in [3.8, 4) is 5.75 Å². The molecule has 0 radical (unpaired) electrons. The Morgan fingerprint density at radius 2 is 1.82 bits per heavy atom. The Bertz CT molecular complexity index is 1040. The molecule has 33 heavy (non-hydrogen) atoms. The first-order valence-electron chi connectivity index (χ1n) is 12.4. The van der Waals surface area contributed by atoms with E-state index >= 15 is 0 Å². The van der Waals surface area contributed by atoms with Gasteiger partial charge in [0.2, 0.25) is 0 Å². The number of carbonyl (C=O) groups excluding carboxylic acids is 1. The van der Waals surface area contributed by atoms with E-state index in [1.807, 2.05) is 54.3 Å². The molecule has 1 amide bonds. The summed E-state index contributed by atoms with van der Waals surface area (Å²) in [6, 6.07) is 22.9. The maximum atomic E-state index is 13.8. The molecule has 3 aromatic rings. The van der Waals surface area contributed by atoms with E-state index in [-0.39, 0.29) is 5.91 Å². The molecule has 1 atom stereocenters. The van der Waals surface area contributed by atoms with Crippen LogP contribution in [0.25, 0.3) is 10.8 Å². The number of benzene rings is 3. The van der Waals surface area contributed by atoms with E-state index in [0.717, 1.165) is 47.2 Å². The molecule has 1 heterocycles. The maximum Gasteiger partial charge on any atom is 0.254 e. The molecular formula is C29H36N2O2. The number of carbonyl (C=O) groups is 1. The lowest BCUT2D eigenvalue weighted by atomic mass is 10.0. The minimum Gasteiger partial charge on any atom is -0.494 e. The zero-order chi connectivity index (χ0) is 23.0. The Kier molecular flexibility index (Phi) is 8.01. The van der Waals surface area contributed by atoms with Crippen LogP contribution in [0.3, 0.4) is 0 Å². The third-order valence-electron chi connectivity index (χ3n) is 6.73. The maximum absolute atomic E-state index is 13.8. The second kappa shape index (κ2) is 11.3. The summed E-state index contributed by atoms with van der Waals surface area (Å²) in [5, 5.41) is 2.12. The Labute approximate surface area is 198 Å². The van der Waals surface area contributed by atoms with Crippen molar-refractivity contribution in [1.29, 1.82) is 0 Å². The summed E-state index contributed by atoms with van der Waals surface area (Å²) in [7, 11) is 0. The lowest BCUT2D eigenvalue weighted by Gasteiger charge is -2.34. The van der Waals surface area contributed by atoms with Gasteiger partial charge in [0, 0.05) is 31.2 Å². The Morgan fingerprint density at radius 3 is 2.61 bits per heavy atom. The second-order valence-corrected chi connectivity index (χ2v) is 9.06. The number of amides is 1.